The minimum absolute atomic E-state index is 0.505. The molecule has 22 heavy (non-hydrogen) atoms. The van der Waals surface area contributed by atoms with Crippen LogP contribution in [0.5, 0.6) is 0 Å². The quantitative estimate of drug-likeness (QED) is 0.576. The molecule has 0 radical (unpaired) electrons. The van der Waals surface area contributed by atoms with Crippen molar-refractivity contribution in [3.05, 3.63) is 48.6 Å². The predicted octanol–water partition coefficient (Wildman–Crippen LogP) is 2.59. The van der Waals surface area contributed by atoms with Crippen molar-refractivity contribution in [1.82, 2.24) is 24.7 Å². The van der Waals surface area contributed by atoms with E-state index in [4.69, 9.17) is 5.73 Å². The molecule has 112 valence electrons. The number of hydrogen-bond donors (Lipinski definition) is 1. The molecule has 2 heterocycles. The van der Waals surface area contributed by atoms with Crippen LogP contribution in [-0.2, 0) is 12.3 Å². The summed E-state index contributed by atoms with van der Waals surface area (Å²) in [5.74, 6) is 2.64. The topological polar surface area (TPSA) is 82.5 Å². The lowest BCUT2D eigenvalue weighted by molar-refractivity contribution is 0.703. The zero-order valence-corrected chi connectivity index (χ0v) is 13.0. The van der Waals surface area contributed by atoms with E-state index >= 15 is 0 Å². The molecule has 7 heteroatoms. The number of aromatic nitrogens is 5. The van der Waals surface area contributed by atoms with Crippen LogP contribution >= 0.6 is 11.8 Å². The lowest BCUT2D eigenvalue weighted by atomic mass is 10.2. The Hall–Kier alpha value is -2.41. The summed E-state index contributed by atoms with van der Waals surface area (Å²) in [6, 6.07) is 7.73. The van der Waals surface area contributed by atoms with Crippen molar-refractivity contribution in [3.63, 3.8) is 0 Å². The van der Waals surface area contributed by atoms with Gasteiger partial charge in [-0.3, -0.25) is 0 Å². The van der Waals surface area contributed by atoms with Crippen LogP contribution in [0.15, 0.2) is 42.1 Å². The predicted molar refractivity (Wildman–Crippen MR) is 88.5 cm³/mol. The smallest absolute Gasteiger partial charge is 0.191 e. The highest BCUT2D eigenvalue weighted by Crippen LogP contribution is 2.23. The Morgan fingerprint density at radius 2 is 2.09 bits per heavy atom. The number of anilines is 1. The molecule has 0 spiro atoms. The van der Waals surface area contributed by atoms with Gasteiger partial charge in [0.25, 0.3) is 0 Å². The summed E-state index contributed by atoms with van der Waals surface area (Å²) in [7, 11) is 0. The van der Waals surface area contributed by atoms with Crippen LogP contribution in [0.4, 0.5) is 5.82 Å². The van der Waals surface area contributed by atoms with Gasteiger partial charge in [-0.1, -0.05) is 30.0 Å². The van der Waals surface area contributed by atoms with Crippen LogP contribution in [0, 0.1) is 6.92 Å². The molecule has 0 amide bonds. The summed E-state index contributed by atoms with van der Waals surface area (Å²) < 4.78 is 2.00. The van der Waals surface area contributed by atoms with Crippen LogP contribution in [0.2, 0.25) is 0 Å². The molecule has 0 unspecified atom stereocenters. The average Bonchev–Trinajstić information content (AvgIpc) is 2.86. The molecule has 3 aromatic rings. The number of thioether (sulfide) groups is 1. The summed E-state index contributed by atoms with van der Waals surface area (Å²) in [5.41, 5.74) is 6.86. The standard InChI is InChI=1S/C15H16N6S/c1-3-8-21-10(2)19-20-15(21)22-9-13-17-12-7-5-4-6-11(12)14(16)18-13/h3-7H,1,8-9H2,2H3,(H2,16,17,18). The van der Waals surface area contributed by atoms with Crippen molar-refractivity contribution < 1.29 is 0 Å². The zero-order valence-electron chi connectivity index (χ0n) is 12.2. The molecular formula is C15H16N6S. The van der Waals surface area contributed by atoms with Crippen molar-refractivity contribution in [2.24, 2.45) is 0 Å². The van der Waals surface area contributed by atoms with E-state index in [9.17, 15) is 0 Å². The van der Waals surface area contributed by atoms with Crippen molar-refractivity contribution in [2.75, 3.05) is 5.73 Å². The summed E-state index contributed by atoms with van der Waals surface area (Å²) in [6.45, 7) is 6.36. The maximum Gasteiger partial charge on any atom is 0.191 e. The van der Waals surface area contributed by atoms with Gasteiger partial charge in [0.2, 0.25) is 0 Å². The molecule has 1 aromatic carbocycles. The fourth-order valence-corrected chi connectivity index (χ4v) is 3.00. The van der Waals surface area contributed by atoms with Gasteiger partial charge in [-0.05, 0) is 19.1 Å². The van der Waals surface area contributed by atoms with Crippen LogP contribution < -0.4 is 5.73 Å². The highest BCUT2D eigenvalue weighted by molar-refractivity contribution is 7.98. The summed E-state index contributed by atoms with van der Waals surface area (Å²) in [4.78, 5) is 8.91. The van der Waals surface area contributed by atoms with Crippen molar-refractivity contribution in [3.8, 4) is 0 Å². The average molecular weight is 312 g/mol. The SMILES string of the molecule is C=CCn1c(C)nnc1SCc1nc(N)c2ccccc2n1. The van der Waals surface area contributed by atoms with Crippen molar-refractivity contribution >= 4 is 28.5 Å². The van der Waals surface area contributed by atoms with Crippen LogP contribution in [0.25, 0.3) is 10.9 Å². The number of allylic oxidation sites excluding steroid dienone is 1. The largest absolute Gasteiger partial charge is 0.383 e. The third kappa shape index (κ3) is 2.80. The lowest BCUT2D eigenvalue weighted by Gasteiger charge is -2.06. The van der Waals surface area contributed by atoms with E-state index in [0.29, 0.717) is 23.9 Å². The van der Waals surface area contributed by atoms with E-state index in [2.05, 4.69) is 26.7 Å². The Kier molecular flexibility index (Phi) is 4.06. The summed E-state index contributed by atoms with van der Waals surface area (Å²) >= 11 is 1.54. The first-order valence-corrected chi connectivity index (χ1v) is 7.82. The number of para-hydroxylation sites is 1. The van der Waals surface area contributed by atoms with Gasteiger partial charge >= 0.3 is 0 Å². The van der Waals surface area contributed by atoms with E-state index in [0.717, 1.165) is 21.9 Å². The molecule has 0 aliphatic heterocycles. The Labute approximate surface area is 132 Å². The van der Waals surface area contributed by atoms with Gasteiger partial charge in [0.15, 0.2) is 5.16 Å². The van der Waals surface area contributed by atoms with E-state index < -0.39 is 0 Å². The first-order valence-electron chi connectivity index (χ1n) is 6.83. The Morgan fingerprint density at radius 1 is 1.27 bits per heavy atom. The molecule has 0 saturated carbocycles. The summed E-state index contributed by atoms with van der Waals surface area (Å²) in [5, 5.41) is 9.97. The Morgan fingerprint density at radius 3 is 2.91 bits per heavy atom. The third-order valence-corrected chi connectivity index (χ3v) is 4.19. The first-order chi connectivity index (χ1) is 10.7. The molecule has 0 aliphatic carbocycles. The molecule has 0 saturated heterocycles. The maximum atomic E-state index is 6.00. The van der Waals surface area contributed by atoms with Gasteiger partial charge < -0.3 is 10.3 Å². The first kappa shape index (κ1) is 14.5. The number of nitrogens with zero attached hydrogens (tertiary/aromatic N) is 5. The fraction of sp³-hybridized carbons (Fsp3) is 0.200. The fourth-order valence-electron chi connectivity index (χ4n) is 2.15. The molecule has 0 atom stereocenters. The highest BCUT2D eigenvalue weighted by atomic mass is 32.2. The third-order valence-electron chi connectivity index (χ3n) is 3.22. The Bertz CT molecular complexity index is 826. The number of benzene rings is 1. The van der Waals surface area contributed by atoms with Crippen LogP contribution in [0.3, 0.4) is 0 Å². The zero-order chi connectivity index (χ0) is 15.5. The number of nitrogen functional groups attached to an aromatic ring is 1. The lowest BCUT2D eigenvalue weighted by Crippen LogP contribution is -2.02. The Balaban J connectivity index is 1.84. The van der Waals surface area contributed by atoms with E-state index in [1.807, 2.05) is 41.8 Å². The van der Waals surface area contributed by atoms with Gasteiger partial charge in [-0.2, -0.15) is 0 Å². The second-order valence-electron chi connectivity index (χ2n) is 4.76. The highest BCUT2D eigenvalue weighted by Gasteiger charge is 2.10. The maximum absolute atomic E-state index is 6.00. The van der Waals surface area contributed by atoms with E-state index in [-0.39, 0.29) is 0 Å². The number of nitrogens with two attached hydrogens (primary N) is 1. The number of hydrogen-bond acceptors (Lipinski definition) is 6. The number of rotatable bonds is 5. The number of aryl methyl sites for hydroxylation is 1. The molecule has 2 N–H and O–H groups in total. The normalized spacial score (nSPS) is 11.0. The molecular weight excluding hydrogens is 296 g/mol. The van der Waals surface area contributed by atoms with Gasteiger partial charge in [-0.15, -0.1) is 16.8 Å². The van der Waals surface area contributed by atoms with Gasteiger partial charge in [-0.25, -0.2) is 9.97 Å². The molecule has 0 bridgehead atoms. The second kappa shape index (κ2) is 6.15. The van der Waals surface area contributed by atoms with Crippen molar-refractivity contribution in [2.45, 2.75) is 24.4 Å². The van der Waals surface area contributed by atoms with Gasteiger partial charge in [0.1, 0.15) is 17.5 Å². The molecule has 3 rings (SSSR count). The minimum Gasteiger partial charge on any atom is -0.383 e. The van der Waals surface area contributed by atoms with E-state index in [1.54, 1.807) is 0 Å². The molecule has 2 aromatic heterocycles. The van der Waals surface area contributed by atoms with Gasteiger partial charge in [0.05, 0.1) is 11.3 Å². The van der Waals surface area contributed by atoms with Crippen LogP contribution in [-0.4, -0.2) is 24.7 Å². The van der Waals surface area contributed by atoms with E-state index in [1.165, 1.54) is 11.8 Å². The van der Waals surface area contributed by atoms with Crippen molar-refractivity contribution in [1.29, 1.82) is 0 Å². The molecule has 0 fully saturated rings. The molecule has 6 nitrogen and oxygen atoms in total. The number of fused-ring (bicyclic) bond motifs is 1. The van der Waals surface area contributed by atoms with Gasteiger partial charge in [0, 0.05) is 11.9 Å². The minimum atomic E-state index is 0.505. The monoisotopic (exact) mass is 312 g/mol. The molecule has 0 aliphatic rings. The summed E-state index contributed by atoms with van der Waals surface area (Å²) in [6.07, 6.45) is 1.82. The van der Waals surface area contributed by atoms with Crippen LogP contribution in [0.1, 0.15) is 11.6 Å². The second-order valence-corrected chi connectivity index (χ2v) is 5.70.